The third-order valence-electron chi connectivity index (χ3n) is 3.10. The van der Waals surface area contributed by atoms with Crippen LogP contribution in [0.2, 0.25) is 0 Å². The number of nitrogens with zero attached hydrogens (tertiary/aromatic N) is 2. The van der Waals surface area contributed by atoms with Gasteiger partial charge in [-0.05, 0) is 31.5 Å². The lowest BCUT2D eigenvalue weighted by molar-refractivity contribution is -0.143. The van der Waals surface area contributed by atoms with E-state index in [1.165, 1.54) is 0 Å². The first kappa shape index (κ1) is 14.9. The van der Waals surface area contributed by atoms with Gasteiger partial charge in [-0.1, -0.05) is 0 Å². The van der Waals surface area contributed by atoms with Crippen LogP contribution in [-0.4, -0.2) is 31.6 Å². The zero-order valence-corrected chi connectivity index (χ0v) is 11.8. The van der Waals surface area contributed by atoms with Crippen molar-refractivity contribution in [1.82, 2.24) is 0 Å². The second kappa shape index (κ2) is 6.75. The summed E-state index contributed by atoms with van der Waals surface area (Å²) in [6.45, 7) is 2.47. The number of hydrogen-bond donors (Lipinski definition) is 0. The molecule has 0 unspecified atom stereocenters. The number of rotatable bonds is 5. The fourth-order valence-corrected chi connectivity index (χ4v) is 2.13. The van der Waals surface area contributed by atoms with Crippen molar-refractivity contribution in [1.29, 1.82) is 5.26 Å². The van der Waals surface area contributed by atoms with Crippen LogP contribution >= 0.6 is 0 Å². The molecule has 110 valence electrons. The molecule has 21 heavy (non-hydrogen) atoms. The molecule has 0 aromatic heterocycles. The number of ether oxygens (including phenoxy) is 2. The lowest BCUT2D eigenvalue weighted by Crippen LogP contribution is -2.39. The summed E-state index contributed by atoms with van der Waals surface area (Å²) < 4.78 is 10.2. The molecule has 0 atom stereocenters. The summed E-state index contributed by atoms with van der Waals surface area (Å²) in [7, 11) is 0. The van der Waals surface area contributed by atoms with E-state index in [0.29, 0.717) is 36.6 Å². The molecule has 0 saturated heterocycles. The van der Waals surface area contributed by atoms with Crippen molar-refractivity contribution >= 4 is 17.6 Å². The molecule has 0 radical (unpaired) electrons. The van der Waals surface area contributed by atoms with Gasteiger partial charge in [0.25, 0.3) is 5.91 Å². The van der Waals surface area contributed by atoms with Gasteiger partial charge in [0.1, 0.15) is 5.75 Å². The quantitative estimate of drug-likeness (QED) is 0.769. The van der Waals surface area contributed by atoms with Crippen molar-refractivity contribution in [3.05, 3.63) is 23.8 Å². The van der Waals surface area contributed by atoms with E-state index >= 15 is 0 Å². The van der Waals surface area contributed by atoms with Gasteiger partial charge >= 0.3 is 5.97 Å². The van der Waals surface area contributed by atoms with Crippen LogP contribution < -0.4 is 9.64 Å². The van der Waals surface area contributed by atoms with Gasteiger partial charge < -0.3 is 14.4 Å². The maximum atomic E-state index is 12.0. The number of fused-ring (bicyclic) bond motifs is 1. The average Bonchev–Trinajstić information content (AvgIpc) is 2.49. The van der Waals surface area contributed by atoms with E-state index in [0.717, 1.165) is 0 Å². The molecule has 6 heteroatoms. The Morgan fingerprint density at radius 1 is 1.52 bits per heavy atom. The van der Waals surface area contributed by atoms with Crippen LogP contribution in [0.3, 0.4) is 0 Å². The number of benzene rings is 1. The first-order valence-electron chi connectivity index (χ1n) is 6.78. The van der Waals surface area contributed by atoms with Crippen molar-refractivity contribution in [2.24, 2.45) is 0 Å². The Morgan fingerprint density at radius 2 is 2.33 bits per heavy atom. The minimum absolute atomic E-state index is 0.0295. The van der Waals surface area contributed by atoms with E-state index in [1.54, 1.807) is 30.0 Å². The Balaban J connectivity index is 2.07. The molecular weight excluding hydrogens is 272 g/mol. The zero-order valence-electron chi connectivity index (χ0n) is 11.8. The number of amides is 1. The summed E-state index contributed by atoms with van der Waals surface area (Å²) in [4.78, 5) is 24.8. The highest BCUT2D eigenvalue weighted by atomic mass is 16.5. The van der Waals surface area contributed by atoms with E-state index < -0.39 is 0 Å². The van der Waals surface area contributed by atoms with Gasteiger partial charge in [0.2, 0.25) is 0 Å². The van der Waals surface area contributed by atoms with Crippen LogP contribution in [-0.2, 0) is 14.3 Å². The lowest BCUT2D eigenvalue weighted by Gasteiger charge is -2.29. The molecule has 1 aliphatic heterocycles. The maximum absolute atomic E-state index is 12.0. The van der Waals surface area contributed by atoms with Gasteiger partial charge in [0, 0.05) is 13.0 Å². The molecule has 2 rings (SSSR count). The van der Waals surface area contributed by atoms with Crippen LogP contribution in [0.4, 0.5) is 5.69 Å². The summed E-state index contributed by atoms with van der Waals surface area (Å²) in [5.74, 6) is 0.121. The summed E-state index contributed by atoms with van der Waals surface area (Å²) in [6.07, 6.45) is 0.756. The molecule has 0 saturated carbocycles. The van der Waals surface area contributed by atoms with Gasteiger partial charge in [-0.25, -0.2) is 0 Å². The second-order valence-corrected chi connectivity index (χ2v) is 4.54. The summed E-state index contributed by atoms with van der Waals surface area (Å²) in [5, 5.41) is 8.94. The van der Waals surface area contributed by atoms with Crippen molar-refractivity contribution in [2.45, 2.75) is 19.8 Å². The number of carbonyl (C=O) groups is 2. The molecule has 0 aliphatic carbocycles. The Labute approximate surface area is 122 Å². The topological polar surface area (TPSA) is 79.6 Å². The Bertz CT molecular complexity index is 592. The normalized spacial score (nSPS) is 13.1. The number of hydrogen-bond acceptors (Lipinski definition) is 5. The van der Waals surface area contributed by atoms with Crippen LogP contribution in [0.5, 0.6) is 5.75 Å². The molecule has 0 spiro atoms. The summed E-state index contributed by atoms with van der Waals surface area (Å²) in [6, 6.07) is 6.98. The largest absolute Gasteiger partial charge is 0.482 e. The lowest BCUT2D eigenvalue weighted by atomic mass is 10.1. The van der Waals surface area contributed by atoms with Crippen molar-refractivity contribution in [3.8, 4) is 11.8 Å². The van der Waals surface area contributed by atoms with Gasteiger partial charge in [-0.3, -0.25) is 9.59 Å². The van der Waals surface area contributed by atoms with E-state index in [1.807, 2.05) is 6.07 Å². The molecule has 0 fully saturated rings. The van der Waals surface area contributed by atoms with Gasteiger partial charge in [0.15, 0.2) is 6.61 Å². The van der Waals surface area contributed by atoms with Gasteiger partial charge in [0.05, 0.1) is 23.9 Å². The standard InChI is InChI=1S/C15H16N2O4/c1-2-20-15(19)4-3-7-17-12-8-11(9-16)5-6-13(12)21-10-14(17)18/h5-6,8H,2-4,7,10H2,1H3. The fourth-order valence-electron chi connectivity index (χ4n) is 2.13. The minimum Gasteiger partial charge on any atom is -0.482 e. The highest BCUT2D eigenvalue weighted by molar-refractivity contribution is 5.98. The summed E-state index contributed by atoms with van der Waals surface area (Å²) >= 11 is 0. The SMILES string of the molecule is CCOC(=O)CCCN1C(=O)COc2ccc(C#N)cc21. The molecule has 1 heterocycles. The average molecular weight is 288 g/mol. The number of carbonyl (C=O) groups excluding carboxylic acids is 2. The van der Waals surface area contributed by atoms with Crippen LogP contribution in [0, 0.1) is 11.3 Å². The van der Waals surface area contributed by atoms with E-state index in [4.69, 9.17) is 14.7 Å². The first-order chi connectivity index (χ1) is 10.2. The fraction of sp³-hybridized carbons (Fsp3) is 0.400. The Kier molecular flexibility index (Phi) is 4.77. The molecular formula is C15H16N2O4. The van der Waals surface area contributed by atoms with Gasteiger partial charge in [-0.15, -0.1) is 0 Å². The summed E-state index contributed by atoms with van der Waals surface area (Å²) in [5.41, 5.74) is 1.04. The second-order valence-electron chi connectivity index (χ2n) is 4.54. The predicted molar refractivity (Wildman–Crippen MR) is 74.9 cm³/mol. The Morgan fingerprint density at radius 3 is 3.05 bits per heavy atom. The minimum atomic E-state index is -0.274. The third kappa shape index (κ3) is 3.51. The van der Waals surface area contributed by atoms with E-state index in [9.17, 15) is 9.59 Å². The molecule has 6 nitrogen and oxygen atoms in total. The molecule has 1 aromatic rings. The highest BCUT2D eigenvalue weighted by Crippen LogP contribution is 2.33. The third-order valence-corrected chi connectivity index (χ3v) is 3.10. The number of nitriles is 1. The highest BCUT2D eigenvalue weighted by Gasteiger charge is 2.25. The van der Waals surface area contributed by atoms with Crippen LogP contribution in [0.1, 0.15) is 25.3 Å². The molecule has 1 amide bonds. The van der Waals surface area contributed by atoms with Crippen LogP contribution in [0.15, 0.2) is 18.2 Å². The number of esters is 1. The van der Waals surface area contributed by atoms with E-state index in [2.05, 4.69) is 0 Å². The molecule has 0 N–H and O–H groups in total. The predicted octanol–water partition coefficient (Wildman–Crippen LogP) is 1.63. The van der Waals surface area contributed by atoms with E-state index in [-0.39, 0.29) is 24.9 Å². The molecule has 1 aromatic carbocycles. The van der Waals surface area contributed by atoms with Crippen molar-refractivity contribution in [3.63, 3.8) is 0 Å². The van der Waals surface area contributed by atoms with Crippen molar-refractivity contribution < 1.29 is 19.1 Å². The maximum Gasteiger partial charge on any atom is 0.305 e. The number of anilines is 1. The van der Waals surface area contributed by atoms with Crippen molar-refractivity contribution in [2.75, 3.05) is 24.7 Å². The molecule has 0 bridgehead atoms. The smallest absolute Gasteiger partial charge is 0.305 e. The molecule has 1 aliphatic rings. The van der Waals surface area contributed by atoms with Gasteiger partial charge in [-0.2, -0.15) is 5.26 Å². The van der Waals surface area contributed by atoms with Crippen LogP contribution in [0.25, 0.3) is 0 Å². The zero-order chi connectivity index (χ0) is 15.2. The first-order valence-corrected chi connectivity index (χ1v) is 6.78. The monoisotopic (exact) mass is 288 g/mol. The Hall–Kier alpha value is -2.55.